The van der Waals surface area contributed by atoms with Crippen LogP contribution >= 0.6 is 11.3 Å². The maximum Gasteiger partial charge on any atom is 0.160 e. The smallest absolute Gasteiger partial charge is 0.160 e. The van der Waals surface area contributed by atoms with Gasteiger partial charge in [0.25, 0.3) is 0 Å². The first-order chi connectivity index (χ1) is 29.2. The Kier molecular flexibility index (Phi) is 7.68. The summed E-state index contributed by atoms with van der Waals surface area (Å²) in [7, 11) is 0. The highest BCUT2D eigenvalue weighted by Gasteiger charge is 2.19. The average Bonchev–Trinajstić information content (AvgIpc) is 4.00. The van der Waals surface area contributed by atoms with Crippen molar-refractivity contribution < 1.29 is 0 Å². The SMILES string of the molecule is c1ccc(-c2cccc(-c3nc(-c4cc(-n5c6ccccc6c6ccccc65)cc(-n5c6ccccc6c6ccccc65)c4)cc(-c4cc5ccccc5s4)n3)c2)cc1. The van der Waals surface area contributed by atoms with Gasteiger partial charge in [0, 0.05) is 48.7 Å². The minimum absolute atomic E-state index is 0.688. The molecular weight excluding hydrogens is 737 g/mol. The molecule has 12 aromatic rings. The molecule has 59 heavy (non-hydrogen) atoms. The lowest BCUT2D eigenvalue weighted by Gasteiger charge is -2.16. The predicted molar refractivity (Wildman–Crippen MR) is 248 cm³/mol. The fraction of sp³-hybridized carbons (Fsp3) is 0. The Labute approximate surface area is 344 Å². The molecule has 0 radical (unpaired) electrons. The van der Waals surface area contributed by atoms with Crippen molar-refractivity contribution >= 4 is 65.0 Å². The van der Waals surface area contributed by atoms with Crippen LogP contribution in [0.5, 0.6) is 0 Å². The summed E-state index contributed by atoms with van der Waals surface area (Å²) in [5.41, 5.74) is 12.8. The van der Waals surface area contributed by atoms with Crippen LogP contribution in [-0.4, -0.2) is 19.1 Å². The number of rotatable bonds is 6. The Bertz CT molecular complexity index is 3300. The molecular formula is C54H34N4S. The van der Waals surface area contributed by atoms with E-state index in [4.69, 9.17) is 9.97 Å². The van der Waals surface area contributed by atoms with E-state index in [0.29, 0.717) is 5.82 Å². The molecule has 0 fully saturated rings. The summed E-state index contributed by atoms with van der Waals surface area (Å²) >= 11 is 1.77. The maximum absolute atomic E-state index is 5.46. The molecule has 0 saturated carbocycles. The third-order valence-corrected chi connectivity index (χ3v) is 12.6. The third-order valence-electron chi connectivity index (χ3n) is 11.5. The summed E-state index contributed by atoms with van der Waals surface area (Å²) in [6, 6.07) is 73.9. The maximum atomic E-state index is 5.46. The molecule has 4 aromatic heterocycles. The number of para-hydroxylation sites is 4. The predicted octanol–water partition coefficient (Wildman–Crippen LogP) is 14.6. The molecule has 0 aliphatic carbocycles. The van der Waals surface area contributed by atoms with E-state index in [0.717, 1.165) is 72.0 Å². The number of hydrogen-bond donors (Lipinski definition) is 0. The number of thiophene rings is 1. The Morgan fingerprint density at radius 2 is 0.831 bits per heavy atom. The quantitative estimate of drug-likeness (QED) is 0.169. The summed E-state index contributed by atoms with van der Waals surface area (Å²) in [5.74, 6) is 0.688. The standard InChI is InChI=1S/C54H34N4S/c1-2-15-35(16-3-1)36-18-14-19-38(29-36)54-55-46(34-47(56-54)53-32-37-17-4-13-28-52(37)59-53)39-30-40(57-48-24-9-5-20-42(48)43-21-6-10-25-49(43)57)33-41(31-39)58-50-26-11-7-22-44(50)45-23-8-12-27-51(45)58/h1-34H. The van der Waals surface area contributed by atoms with Gasteiger partial charge in [-0.2, -0.15) is 0 Å². The minimum atomic E-state index is 0.688. The van der Waals surface area contributed by atoms with Crippen LogP contribution in [0.25, 0.3) is 109 Å². The molecule has 12 rings (SSSR count). The Balaban J connectivity index is 1.15. The highest BCUT2D eigenvalue weighted by Crippen LogP contribution is 2.40. The highest BCUT2D eigenvalue weighted by atomic mass is 32.1. The number of fused-ring (bicyclic) bond motifs is 7. The average molecular weight is 771 g/mol. The van der Waals surface area contributed by atoms with E-state index < -0.39 is 0 Å². The number of aromatic nitrogens is 4. The molecule has 0 aliphatic rings. The van der Waals surface area contributed by atoms with Gasteiger partial charge in [0.2, 0.25) is 0 Å². The Morgan fingerprint density at radius 3 is 1.42 bits per heavy atom. The van der Waals surface area contributed by atoms with Gasteiger partial charge in [-0.1, -0.05) is 140 Å². The lowest BCUT2D eigenvalue weighted by atomic mass is 10.0. The van der Waals surface area contributed by atoms with Crippen LogP contribution in [0.3, 0.4) is 0 Å². The summed E-state index contributed by atoms with van der Waals surface area (Å²) in [4.78, 5) is 11.9. The lowest BCUT2D eigenvalue weighted by molar-refractivity contribution is 1.13. The fourth-order valence-electron chi connectivity index (χ4n) is 8.83. The monoisotopic (exact) mass is 770 g/mol. The second-order valence-corrected chi connectivity index (χ2v) is 16.1. The molecule has 4 heterocycles. The van der Waals surface area contributed by atoms with Crippen LogP contribution in [0.4, 0.5) is 0 Å². The van der Waals surface area contributed by atoms with E-state index in [1.807, 2.05) is 0 Å². The van der Waals surface area contributed by atoms with Crippen molar-refractivity contribution in [2.45, 2.75) is 0 Å². The molecule has 0 saturated heterocycles. The van der Waals surface area contributed by atoms with Crippen molar-refractivity contribution in [3.8, 4) is 55.7 Å². The van der Waals surface area contributed by atoms with Gasteiger partial charge >= 0.3 is 0 Å². The molecule has 0 aliphatic heterocycles. The summed E-state index contributed by atoms with van der Waals surface area (Å²) in [6.07, 6.45) is 0. The molecule has 276 valence electrons. The number of nitrogens with zero attached hydrogens (tertiary/aromatic N) is 4. The van der Waals surface area contributed by atoms with Crippen LogP contribution in [0, 0.1) is 0 Å². The zero-order chi connectivity index (χ0) is 38.9. The van der Waals surface area contributed by atoms with Crippen LogP contribution in [0.2, 0.25) is 0 Å². The van der Waals surface area contributed by atoms with Crippen LogP contribution in [-0.2, 0) is 0 Å². The van der Waals surface area contributed by atoms with Crippen LogP contribution < -0.4 is 0 Å². The first-order valence-electron chi connectivity index (χ1n) is 19.9. The van der Waals surface area contributed by atoms with Crippen molar-refractivity contribution in [2.75, 3.05) is 0 Å². The second-order valence-electron chi connectivity index (χ2n) is 15.0. The first kappa shape index (κ1) is 33.5. The highest BCUT2D eigenvalue weighted by molar-refractivity contribution is 7.22. The van der Waals surface area contributed by atoms with E-state index in [1.54, 1.807) is 11.3 Å². The molecule has 0 N–H and O–H groups in total. The molecule has 0 atom stereocenters. The van der Waals surface area contributed by atoms with Crippen molar-refractivity contribution in [2.24, 2.45) is 0 Å². The number of hydrogen-bond acceptors (Lipinski definition) is 3. The topological polar surface area (TPSA) is 35.6 Å². The molecule has 0 spiro atoms. The van der Waals surface area contributed by atoms with Gasteiger partial charge in [-0.3, -0.25) is 0 Å². The first-order valence-corrected chi connectivity index (χ1v) is 20.7. The van der Waals surface area contributed by atoms with Gasteiger partial charge in [-0.15, -0.1) is 11.3 Å². The zero-order valence-corrected chi connectivity index (χ0v) is 32.6. The molecule has 4 nitrogen and oxygen atoms in total. The van der Waals surface area contributed by atoms with Gasteiger partial charge in [0.05, 0.1) is 38.3 Å². The molecule has 5 heteroatoms. The Morgan fingerprint density at radius 1 is 0.339 bits per heavy atom. The second kappa shape index (κ2) is 13.5. The van der Waals surface area contributed by atoms with Crippen molar-refractivity contribution in [1.82, 2.24) is 19.1 Å². The van der Waals surface area contributed by atoms with E-state index in [2.05, 4.69) is 215 Å². The molecule has 0 bridgehead atoms. The fourth-order valence-corrected chi connectivity index (χ4v) is 9.85. The zero-order valence-electron chi connectivity index (χ0n) is 31.8. The van der Waals surface area contributed by atoms with Crippen molar-refractivity contribution in [3.63, 3.8) is 0 Å². The molecule has 0 amide bonds. The van der Waals surface area contributed by atoms with Crippen molar-refractivity contribution in [3.05, 3.63) is 206 Å². The van der Waals surface area contributed by atoms with E-state index >= 15 is 0 Å². The largest absolute Gasteiger partial charge is 0.309 e. The lowest BCUT2D eigenvalue weighted by Crippen LogP contribution is -2.01. The van der Waals surface area contributed by atoms with Gasteiger partial charge in [0.15, 0.2) is 5.82 Å². The normalized spacial score (nSPS) is 11.7. The van der Waals surface area contributed by atoms with E-state index in [-0.39, 0.29) is 0 Å². The Hall–Kier alpha value is -7.60. The van der Waals surface area contributed by atoms with Crippen LogP contribution in [0.1, 0.15) is 0 Å². The van der Waals surface area contributed by atoms with Gasteiger partial charge < -0.3 is 9.13 Å². The van der Waals surface area contributed by atoms with Gasteiger partial charge in [0.1, 0.15) is 0 Å². The summed E-state index contributed by atoms with van der Waals surface area (Å²) in [6.45, 7) is 0. The van der Waals surface area contributed by atoms with E-state index in [9.17, 15) is 0 Å². The molecule has 8 aromatic carbocycles. The van der Waals surface area contributed by atoms with Crippen molar-refractivity contribution in [1.29, 1.82) is 0 Å². The van der Waals surface area contributed by atoms with Gasteiger partial charge in [-0.25, -0.2) is 9.97 Å². The van der Waals surface area contributed by atoms with Gasteiger partial charge in [-0.05, 0) is 83.2 Å². The van der Waals surface area contributed by atoms with Crippen LogP contribution in [0.15, 0.2) is 206 Å². The third kappa shape index (κ3) is 5.58. The minimum Gasteiger partial charge on any atom is -0.309 e. The van der Waals surface area contributed by atoms with E-state index in [1.165, 1.54) is 31.6 Å². The summed E-state index contributed by atoms with van der Waals surface area (Å²) < 4.78 is 6.05. The number of benzene rings is 8. The molecule has 0 unspecified atom stereocenters. The summed E-state index contributed by atoms with van der Waals surface area (Å²) in [5, 5.41) is 6.11.